The Morgan fingerprint density at radius 3 is 1.00 bits per heavy atom. The Balaban J connectivity index is 4.37. The van der Waals surface area contributed by atoms with Crippen molar-refractivity contribution in [2.24, 2.45) is 0 Å². The quantitative estimate of drug-likeness (QED) is 0.0262. The zero-order chi connectivity index (χ0) is 45.1. The molecule has 0 bridgehead atoms. The molecule has 6 nitrogen and oxygen atoms in total. The maximum atomic E-state index is 12.8. The number of carbonyl (C=O) groups excluding carboxylic acids is 3. The van der Waals surface area contributed by atoms with Gasteiger partial charge < -0.3 is 14.2 Å². The molecule has 356 valence electrons. The van der Waals surface area contributed by atoms with Crippen molar-refractivity contribution in [3.8, 4) is 0 Å². The van der Waals surface area contributed by atoms with Crippen molar-refractivity contribution in [2.75, 3.05) is 13.2 Å². The van der Waals surface area contributed by atoms with Crippen LogP contribution in [0.2, 0.25) is 0 Å². The van der Waals surface area contributed by atoms with Crippen molar-refractivity contribution in [1.82, 2.24) is 0 Å². The van der Waals surface area contributed by atoms with Crippen LogP contribution in [0.25, 0.3) is 0 Å². The number of esters is 3. The highest BCUT2D eigenvalue weighted by Gasteiger charge is 2.19. The molecular formula is C56H96O6. The van der Waals surface area contributed by atoms with Crippen LogP contribution in [0.15, 0.2) is 72.9 Å². The summed E-state index contributed by atoms with van der Waals surface area (Å²) in [4.78, 5) is 37.9. The first kappa shape index (κ1) is 58.9. The first-order valence-corrected chi connectivity index (χ1v) is 25.9. The van der Waals surface area contributed by atoms with E-state index in [4.69, 9.17) is 14.2 Å². The fourth-order valence-electron chi connectivity index (χ4n) is 7.05. The van der Waals surface area contributed by atoms with E-state index < -0.39 is 6.10 Å². The summed E-state index contributed by atoms with van der Waals surface area (Å²) in [6.07, 6.45) is 63.1. The lowest BCUT2D eigenvalue weighted by molar-refractivity contribution is -0.167. The monoisotopic (exact) mass is 865 g/mol. The predicted molar refractivity (Wildman–Crippen MR) is 265 cm³/mol. The molecule has 0 aromatic rings. The van der Waals surface area contributed by atoms with Gasteiger partial charge in [-0.25, -0.2) is 0 Å². The normalized spacial score (nSPS) is 12.6. The minimum Gasteiger partial charge on any atom is -0.462 e. The lowest BCUT2D eigenvalue weighted by atomic mass is 10.1. The van der Waals surface area contributed by atoms with Gasteiger partial charge in [0.1, 0.15) is 13.2 Å². The van der Waals surface area contributed by atoms with E-state index in [2.05, 4.69) is 93.7 Å². The molecule has 1 unspecified atom stereocenters. The molecule has 0 N–H and O–H groups in total. The summed E-state index contributed by atoms with van der Waals surface area (Å²) in [7, 11) is 0. The van der Waals surface area contributed by atoms with E-state index in [0.29, 0.717) is 19.3 Å². The molecular weight excluding hydrogens is 769 g/mol. The predicted octanol–water partition coefficient (Wildman–Crippen LogP) is 17.0. The second-order valence-electron chi connectivity index (χ2n) is 17.1. The van der Waals surface area contributed by atoms with Gasteiger partial charge in [-0.1, -0.05) is 209 Å². The number of carbonyl (C=O) groups is 3. The van der Waals surface area contributed by atoms with Gasteiger partial charge in [0, 0.05) is 19.3 Å². The summed E-state index contributed by atoms with van der Waals surface area (Å²) >= 11 is 0. The minimum atomic E-state index is -0.786. The highest BCUT2D eigenvalue weighted by molar-refractivity contribution is 5.71. The fraction of sp³-hybridized carbons (Fsp3) is 0.732. The molecule has 6 heteroatoms. The van der Waals surface area contributed by atoms with Gasteiger partial charge in [-0.2, -0.15) is 0 Å². The fourth-order valence-corrected chi connectivity index (χ4v) is 7.05. The minimum absolute atomic E-state index is 0.0849. The first-order valence-electron chi connectivity index (χ1n) is 25.9. The highest BCUT2D eigenvalue weighted by Crippen LogP contribution is 2.14. The number of allylic oxidation sites excluding steroid dienone is 12. The van der Waals surface area contributed by atoms with Crippen LogP contribution in [0.4, 0.5) is 0 Å². The lowest BCUT2D eigenvalue weighted by Gasteiger charge is -2.18. The van der Waals surface area contributed by atoms with Crippen LogP contribution < -0.4 is 0 Å². The first-order chi connectivity index (χ1) is 30.5. The average Bonchev–Trinajstić information content (AvgIpc) is 3.27. The summed E-state index contributed by atoms with van der Waals surface area (Å²) in [6.45, 7) is 6.47. The molecule has 0 aliphatic rings. The molecule has 0 saturated carbocycles. The Hall–Kier alpha value is -3.15. The molecule has 0 saturated heterocycles. The molecule has 0 spiro atoms. The Labute approximate surface area is 382 Å². The number of hydrogen-bond acceptors (Lipinski definition) is 6. The van der Waals surface area contributed by atoms with Crippen LogP contribution in [0.1, 0.15) is 245 Å². The zero-order valence-electron chi connectivity index (χ0n) is 40.6. The maximum absolute atomic E-state index is 12.8. The van der Waals surface area contributed by atoms with Crippen LogP contribution in [-0.4, -0.2) is 37.2 Å². The van der Waals surface area contributed by atoms with Gasteiger partial charge in [0.05, 0.1) is 0 Å². The molecule has 0 aliphatic heterocycles. The number of unbranched alkanes of at least 4 members (excludes halogenated alkanes) is 23. The molecule has 0 fully saturated rings. The van der Waals surface area contributed by atoms with Gasteiger partial charge in [0.25, 0.3) is 0 Å². The summed E-state index contributed by atoms with van der Waals surface area (Å²) in [5, 5.41) is 0. The van der Waals surface area contributed by atoms with E-state index in [1.807, 2.05) is 0 Å². The Morgan fingerprint density at radius 2 is 0.629 bits per heavy atom. The van der Waals surface area contributed by atoms with E-state index >= 15 is 0 Å². The third-order valence-corrected chi connectivity index (χ3v) is 10.9. The van der Waals surface area contributed by atoms with Gasteiger partial charge in [0.2, 0.25) is 0 Å². The van der Waals surface area contributed by atoms with Crippen molar-refractivity contribution in [2.45, 2.75) is 252 Å². The summed E-state index contributed by atoms with van der Waals surface area (Å²) in [5.74, 6) is -0.914. The van der Waals surface area contributed by atoms with Crippen molar-refractivity contribution in [3.05, 3.63) is 72.9 Å². The number of hydrogen-bond donors (Lipinski definition) is 0. The van der Waals surface area contributed by atoms with Crippen LogP contribution in [0, 0.1) is 0 Å². The topological polar surface area (TPSA) is 78.9 Å². The van der Waals surface area contributed by atoms with Gasteiger partial charge in [-0.05, 0) is 89.9 Å². The zero-order valence-corrected chi connectivity index (χ0v) is 40.6. The lowest BCUT2D eigenvalue weighted by Crippen LogP contribution is -2.30. The van der Waals surface area contributed by atoms with E-state index in [0.717, 1.165) is 116 Å². The van der Waals surface area contributed by atoms with Crippen molar-refractivity contribution >= 4 is 17.9 Å². The third kappa shape index (κ3) is 47.9. The molecule has 1 atom stereocenters. The third-order valence-electron chi connectivity index (χ3n) is 10.9. The molecule has 0 aromatic carbocycles. The summed E-state index contributed by atoms with van der Waals surface area (Å²) < 4.78 is 16.8. The molecule has 0 aromatic heterocycles. The number of rotatable bonds is 46. The van der Waals surface area contributed by atoms with E-state index in [1.165, 1.54) is 89.9 Å². The number of ether oxygens (including phenoxy) is 3. The maximum Gasteiger partial charge on any atom is 0.306 e. The SMILES string of the molecule is CC/C=C\C/C=C\C/C=C\C/C=C\CCCCCCCCC(=O)OCC(COC(=O)CCCCCCCCCCC)OC(=O)CCCCCCC/C=C\C/C=C\CCCCCC. The largest absolute Gasteiger partial charge is 0.462 e. The molecule has 62 heavy (non-hydrogen) atoms. The van der Waals surface area contributed by atoms with E-state index in [1.54, 1.807) is 0 Å². The van der Waals surface area contributed by atoms with Gasteiger partial charge >= 0.3 is 17.9 Å². The molecule has 0 rings (SSSR count). The smallest absolute Gasteiger partial charge is 0.306 e. The molecule has 0 aliphatic carbocycles. The standard InChI is InChI=1S/C56H96O6/c1-4-7-10-13-16-19-21-23-25-27-28-29-31-32-34-37-40-43-46-49-55(58)61-52-53(51-60-54(57)48-45-42-39-36-18-15-12-9-6-3)62-56(59)50-47-44-41-38-35-33-30-26-24-22-20-17-14-11-8-5-2/h7,10,16,19-20,22-23,25-26,28-30,53H,4-6,8-9,11-15,17-18,21,24,27,31-52H2,1-3H3/b10-7-,19-16-,22-20-,25-23-,29-28-,30-26-. The van der Waals surface area contributed by atoms with E-state index in [9.17, 15) is 14.4 Å². The molecule has 0 radical (unpaired) electrons. The highest BCUT2D eigenvalue weighted by atomic mass is 16.6. The van der Waals surface area contributed by atoms with Crippen LogP contribution >= 0.6 is 0 Å². The van der Waals surface area contributed by atoms with Crippen molar-refractivity contribution < 1.29 is 28.6 Å². The van der Waals surface area contributed by atoms with Crippen molar-refractivity contribution in [3.63, 3.8) is 0 Å². The van der Waals surface area contributed by atoms with Crippen LogP contribution in [0.3, 0.4) is 0 Å². The molecule has 0 amide bonds. The van der Waals surface area contributed by atoms with Crippen LogP contribution in [-0.2, 0) is 28.6 Å². The summed E-state index contributed by atoms with van der Waals surface area (Å²) in [6, 6.07) is 0. The second-order valence-corrected chi connectivity index (χ2v) is 17.1. The summed E-state index contributed by atoms with van der Waals surface area (Å²) in [5.41, 5.74) is 0. The van der Waals surface area contributed by atoms with Crippen LogP contribution in [0.5, 0.6) is 0 Å². The van der Waals surface area contributed by atoms with Gasteiger partial charge in [0.15, 0.2) is 6.10 Å². The Bertz CT molecular complexity index is 1180. The van der Waals surface area contributed by atoms with Crippen molar-refractivity contribution in [1.29, 1.82) is 0 Å². The Kier molecular flexibility index (Phi) is 47.9. The van der Waals surface area contributed by atoms with E-state index in [-0.39, 0.29) is 31.1 Å². The molecule has 0 heterocycles. The van der Waals surface area contributed by atoms with Gasteiger partial charge in [-0.3, -0.25) is 14.4 Å². The average molecular weight is 865 g/mol. The van der Waals surface area contributed by atoms with Gasteiger partial charge in [-0.15, -0.1) is 0 Å². The second kappa shape index (κ2) is 50.5. The Morgan fingerprint density at radius 1 is 0.339 bits per heavy atom.